The lowest BCUT2D eigenvalue weighted by atomic mass is 9.81. The molecule has 16 heavy (non-hydrogen) atoms. The maximum atomic E-state index is 6.15. The molecule has 2 N–H and O–H groups in total. The van der Waals surface area contributed by atoms with Crippen molar-refractivity contribution in [1.29, 1.82) is 0 Å². The molecule has 2 aliphatic heterocycles. The molecule has 0 bridgehead atoms. The van der Waals surface area contributed by atoms with Crippen molar-refractivity contribution in [3.63, 3.8) is 0 Å². The quantitative estimate of drug-likeness (QED) is 0.775. The molecule has 0 aliphatic carbocycles. The van der Waals surface area contributed by atoms with Gasteiger partial charge in [0.25, 0.3) is 0 Å². The third kappa shape index (κ3) is 2.58. The summed E-state index contributed by atoms with van der Waals surface area (Å²) < 4.78 is 5.51. The van der Waals surface area contributed by atoms with E-state index in [1.54, 1.807) is 0 Å². The van der Waals surface area contributed by atoms with Crippen LogP contribution >= 0.6 is 0 Å². The van der Waals surface area contributed by atoms with Crippen LogP contribution in [0.1, 0.15) is 33.6 Å². The number of likely N-dealkylation sites (tertiary alicyclic amines) is 1. The minimum atomic E-state index is 0.160. The lowest BCUT2D eigenvalue weighted by molar-refractivity contribution is 0.0632. The zero-order valence-corrected chi connectivity index (χ0v) is 11.0. The van der Waals surface area contributed by atoms with Crippen LogP contribution in [-0.2, 0) is 4.74 Å². The second-order valence-corrected chi connectivity index (χ2v) is 6.75. The zero-order chi connectivity index (χ0) is 11.8. The van der Waals surface area contributed by atoms with Crippen LogP contribution in [-0.4, -0.2) is 43.8 Å². The molecule has 0 aromatic heterocycles. The highest BCUT2D eigenvalue weighted by atomic mass is 16.5. The van der Waals surface area contributed by atoms with Gasteiger partial charge in [-0.25, -0.2) is 0 Å². The van der Waals surface area contributed by atoms with Crippen LogP contribution in [0, 0.1) is 10.8 Å². The minimum absolute atomic E-state index is 0.160. The van der Waals surface area contributed by atoms with Crippen LogP contribution in [0.25, 0.3) is 0 Å². The SMILES string of the molecule is CC1(C)CCCN(CC2(C)COCC2N)C1. The molecule has 0 amide bonds. The van der Waals surface area contributed by atoms with Crippen molar-refractivity contribution in [2.24, 2.45) is 16.6 Å². The molecule has 94 valence electrons. The van der Waals surface area contributed by atoms with Crippen molar-refractivity contribution < 1.29 is 4.74 Å². The highest BCUT2D eigenvalue weighted by Crippen LogP contribution is 2.33. The Hall–Kier alpha value is -0.120. The molecule has 2 unspecified atom stereocenters. The summed E-state index contributed by atoms with van der Waals surface area (Å²) in [5, 5.41) is 0. The predicted octanol–water partition coefficient (Wildman–Crippen LogP) is 1.47. The minimum Gasteiger partial charge on any atom is -0.379 e. The molecular formula is C13H26N2O. The molecule has 2 fully saturated rings. The fourth-order valence-electron chi connectivity index (χ4n) is 3.08. The van der Waals surface area contributed by atoms with Gasteiger partial charge in [-0.2, -0.15) is 0 Å². The number of hydrogen-bond donors (Lipinski definition) is 1. The van der Waals surface area contributed by atoms with Gasteiger partial charge in [-0.1, -0.05) is 20.8 Å². The molecule has 3 heteroatoms. The van der Waals surface area contributed by atoms with E-state index in [4.69, 9.17) is 10.5 Å². The van der Waals surface area contributed by atoms with Crippen molar-refractivity contribution in [3.8, 4) is 0 Å². The summed E-state index contributed by atoms with van der Waals surface area (Å²) in [6, 6.07) is 0.206. The van der Waals surface area contributed by atoms with Crippen LogP contribution in [0.2, 0.25) is 0 Å². The zero-order valence-electron chi connectivity index (χ0n) is 11.0. The molecule has 2 heterocycles. The summed E-state index contributed by atoms with van der Waals surface area (Å²) in [5.74, 6) is 0. The van der Waals surface area contributed by atoms with Crippen molar-refractivity contribution in [2.75, 3.05) is 32.8 Å². The van der Waals surface area contributed by atoms with E-state index in [1.807, 2.05) is 0 Å². The van der Waals surface area contributed by atoms with E-state index in [1.165, 1.54) is 25.9 Å². The van der Waals surface area contributed by atoms with Gasteiger partial charge in [-0.15, -0.1) is 0 Å². The third-order valence-corrected chi connectivity index (χ3v) is 4.19. The number of ether oxygens (including phenoxy) is 1. The smallest absolute Gasteiger partial charge is 0.0624 e. The molecular weight excluding hydrogens is 200 g/mol. The standard InChI is InChI=1S/C13H26N2O/c1-12(2)5-4-6-15(8-12)9-13(3)10-16-7-11(13)14/h11H,4-10,14H2,1-3H3. The van der Waals surface area contributed by atoms with Gasteiger partial charge in [0.2, 0.25) is 0 Å². The van der Waals surface area contributed by atoms with E-state index in [-0.39, 0.29) is 11.5 Å². The fourth-order valence-corrected chi connectivity index (χ4v) is 3.08. The van der Waals surface area contributed by atoms with E-state index in [0.717, 1.165) is 19.8 Å². The molecule has 2 atom stereocenters. The van der Waals surface area contributed by atoms with Gasteiger partial charge < -0.3 is 15.4 Å². The molecule has 3 nitrogen and oxygen atoms in total. The predicted molar refractivity (Wildman–Crippen MR) is 66.4 cm³/mol. The lowest BCUT2D eigenvalue weighted by Gasteiger charge is -2.42. The highest BCUT2D eigenvalue weighted by Gasteiger charge is 2.40. The molecule has 0 radical (unpaired) electrons. The van der Waals surface area contributed by atoms with Gasteiger partial charge in [0.05, 0.1) is 13.2 Å². The Morgan fingerprint density at radius 2 is 2.12 bits per heavy atom. The number of nitrogens with two attached hydrogens (primary N) is 1. The Kier molecular flexibility index (Phi) is 3.30. The van der Waals surface area contributed by atoms with Crippen LogP contribution in [0.5, 0.6) is 0 Å². The Balaban J connectivity index is 1.94. The average Bonchev–Trinajstić information content (AvgIpc) is 2.45. The summed E-state index contributed by atoms with van der Waals surface area (Å²) in [6.45, 7) is 12.1. The number of rotatable bonds is 2. The maximum Gasteiger partial charge on any atom is 0.0624 e. The number of nitrogens with zero attached hydrogens (tertiary/aromatic N) is 1. The largest absolute Gasteiger partial charge is 0.379 e. The number of piperidine rings is 1. The van der Waals surface area contributed by atoms with Crippen LogP contribution < -0.4 is 5.73 Å². The first-order valence-electron chi connectivity index (χ1n) is 6.47. The normalized spacial score (nSPS) is 40.1. The topological polar surface area (TPSA) is 38.5 Å². The van der Waals surface area contributed by atoms with Crippen molar-refractivity contribution >= 4 is 0 Å². The van der Waals surface area contributed by atoms with Gasteiger partial charge in [0, 0.05) is 24.5 Å². The maximum absolute atomic E-state index is 6.15. The molecule has 2 saturated heterocycles. The van der Waals surface area contributed by atoms with E-state index in [0.29, 0.717) is 5.41 Å². The summed E-state index contributed by atoms with van der Waals surface area (Å²) >= 11 is 0. The van der Waals surface area contributed by atoms with Gasteiger partial charge >= 0.3 is 0 Å². The monoisotopic (exact) mass is 226 g/mol. The van der Waals surface area contributed by atoms with E-state index in [2.05, 4.69) is 25.7 Å². The summed E-state index contributed by atoms with van der Waals surface area (Å²) in [6.07, 6.45) is 2.67. The summed E-state index contributed by atoms with van der Waals surface area (Å²) in [5.41, 5.74) is 6.78. The van der Waals surface area contributed by atoms with E-state index >= 15 is 0 Å². The van der Waals surface area contributed by atoms with Crippen molar-refractivity contribution in [1.82, 2.24) is 4.90 Å². The first kappa shape index (κ1) is 12.3. The van der Waals surface area contributed by atoms with Gasteiger partial charge in [-0.05, 0) is 24.8 Å². The first-order valence-corrected chi connectivity index (χ1v) is 6.47. The van der Waals surface area contributed by atoms with Gasteiger partial charge in [0.15, 0.2) is 0 Å². The van der Waals surface area contributed by atoms with Gasteiger partial charge in [-0.3, -0.25) is 0 Å². The Bertz CT molecular complexity index is 254. The van der Waals surface area contributed by atoms with Crippen LogP contribution in [0.4, 0.5) is 0 Å². The van der Waals surface area contributed by atoms with Gasteiger partial charge in [0.1, 0.15) is 0 Å². The third-order valence-electron chi connectivity index (χ3n) is 4.19. The van der Waals surface area contributed by atoms with Crippen molar-refractivity contribution in [2.45, 2.75) is 39.7 Å². The second kappa shape index (κ2) is 4.28. The molecule has 0 saturated carbocycles. The molecule has 0 spiro atoms. The summed E-state index contributed by atoms with van der Waals surface area (Å²) in [7, 11) is 0. The highest BCUT2D eigenvalue weighted by molar-refractivity contribution is 4.94. The fraction of sp³-hybridized carbons (Fsp3) is 1.00. The Morgan fingerprint density at radius 1 is 1.38 bits per heavy atom. The van der Waals surface area contributed by atoms with Crippen molar-refractivity contribution in [3.05, 3.63) is 0 Å². The van der Waals surface area contributed by atoms with E-state index < -0.39 is 0 Å². The second-order valence-electron chi connectivity index (χ2n) is 6.75. The first-order chi connectivity index (χ1) is 7.41. The summed E-state index contributed by atoms with van der Waals surface area (Å²) in [4.78, 5) is 2.58. The van der Waals surface area contributed by atoms with Crippen LogP contribution in [0.15, 0.2) is 0 Å². The van der Waals surface area contributed by atoms with Crippen LogP contribution in [0.3, 0.4) is 0 Å². The molecule has 0 aromatic rings. The average molecular weight is 226 g/mol. The Labute approximate surface area is 99.3 Å². The lowest BCUT2D eigenvalue weighted by Crippen LogP contribution is -2.50. The molecule has 0 aromatic carbocycles. The molecule has 2 aliphatic rings. The Morgan fingerprint density at radius 3 is 2.69 bits per heavy atom. The van der Waals surface area contributed by atoms with E-state index in [9.17, 15) is 0 Å². The number of hydrogen-bond acceptors (Lipinski definition) is 3. The molecule has 2 rings (SSSR count).